The maximum absolute atomic E-state index is 11.6. The molecular formula is C12H19N3O2S. The van der Waals surface area contributed by atoms with Crippen LogP contribution in [0.25, 0.3) is 0 Å². The van der Waals surface area contributed by atoms with Crippen molar-refractivity contribution in [3.63, 3.8) is 0 Å². The van der Waals surface area contributed by atoms with E-state index in [0.29, 0.717) is 5.82 Å². The van der Waals surface area contributed by atoms with Gasteiger partial charge in [-0.1, -0.05) is 0 Å². The first kappa shape index (κ1) is 13.3. The number of aromatic nitrogens is 1. The summed E-state index contributed by atoms with van der Waals surface area (Å²) in [5.41, 5.74) is 0. The molecular weight excluding hydrogens is 250 g/mol. The van der Waals surface area contributed by atoms with Crippen LogP contribution in [0.4, 0.5) is 5.82 Å². The molecule has 5 nitrogen and oxygen atoms in total. The minimum atomic E-state index is -3.22. The number of hydrogen-bond acceptors (Lipinski definition) is 5. The zero-order valence-electron chi connectivity index (χ0n) is 10.6. The van der Waals surface area contributed by atoms with Crippen molar-refractivity contribution in [3.05, 3.63) is 18.3 Å². The Morgan fingerprint density at radius 1 is 1.39 bits per heavy atom. The SMILES string of the molecule is CS(=O)(=O)c1cccnc1NCCN1CCCC1. The van der Waals surface area contributed by atoms with Crippen molar-refractivity contribution in [2.75, 3.05) is 37.8 Å². The molecule has 1 aromatic rings. The first-order chi connectivity index (χ1) is 8.57. The van der Waals surface area contributed by atoms with Crippen LogP contribution in [0.15, 0.2) is 23.2 Å². The largest absolute Gasteiger partial charge is 0.368 e. The number of likely N-dealkylation sites (tertiary alicyclic amines) is 1. The van der Waals surface area contributed by atoms with E-state index in [1.54, 1.807) is 18.3 Å². The van der Waals surface area contributed by atoms with Gasteiger partial charge < -0.3 is 10.2 Å². The zero-order chi connectivity index (χ0) is 13.0. The maximum atomic E-state index is 11.6. The van der Waals surface area contributed by atoms with Gasteiger partial charge in [-0.25, -0.2) is 13.4 Å². The molecule has 1 N–H and O–H groups in total. The van der Waals surface area contributed by atoms with Gasteiger partial charge in [0.1, 0.15) is 10.7 Å². The summed E-state index contributed by atoms with van der Waals surface area (Å²) in [5.74, 6) is 0.458. The summed E-state index contributed by atoms with van der Waals surface area (Å²) >= 11 is 0. The molecule has 1 aromatic heterocycles. The number of sulfone groups is 1. The third-order valence-corrected chi connectivity index (χ3v) is 4.22. The topological polar surface area (TPSA) is 62.3 Å². The lowest BCUT2D eigenvalue weighted by molar-refractivity contribution is 0.352. The summed E-state index contributed by atoms with van der Waals surface area (Å²) in [6, 6.07) is 3.22. The van der Waals surface area contributed by atoms with E-state index < -0.39 is 9.84 Å². The van der Waals surface area contributed by atoms with Crippen molar-refractivity contribution in [3.8, 4) is 0 Å². The lowest BCUT2D eigenvalue weighted by Gasteiger charge is -2.15. The summed E-state index contributed by atoms with van der Waals surface area (Å²) < 4.78 is 23.2. The average molecular weight is 269 g/mol. The van der Waals surface area contributed by atoms with Gasteiger partial charge in [-0.3, -0.25) is 0 Å². The van der Waals surface area contributed by atoms with Crippen molar-refractivity contribution in [1.82, 2.24) is 9.88 Å². The number of rotatable bonds is 5. The number of anilines is 1. The predicted molar refractivity (Wildman–Crippen MR) is 71.5 cm³/mol. The fraction of sp³-hybridized carbons (Fsp3) is 0.583. The van der Waals surface area contributed by atoms with Crippen LogP contribution >= 0.6 is 0 Å². The van der Waals surface area contributed by atoms with Crippen LogP contribution in [0, 0.1) is 0 Å². The molecule has 0 atom stereocenters. The molecule has 0 amide bonds. The monoisotopic (exact) mass is 269 g/mol. The van der Waals surface area contributed by atoms with Gasteiger partial charge in [0.05, 0.1) is 0 Å². The summed E-state index contributed by atoms with van der Waals surface area (Å²) in [6.45, 7) is 3.94. The van der Waals surface area contributed by atoms with Gasteiger partial charge in [0.25, 0.3) is 0 Å². The fourth-order valence-corrected chi connectivity index (χ4v) is 2.96. The Kier molecular flexibility index (Phi) is 4.19. The standard InChI is InChI=1S/C12H19N3O2S/c1-18(16,17)11-5-4-6-13-12(11)14-7-10-15-8-2-3-9-15/h4-6H,2-3,7-10H2,1H3,(H,13,14). The summed E-state index contributed by atoms with van der Waals surface area (Å²) in [7, 11) is -3.22. The summed E-state index contributed by atoms with van der Waals surface area (Å²) in [5, 5.41) is 3.11. The number of nitrogens with zero attached hydrogens (tertiary/aromatic N) is 2. The second-order valence-corrected chi connectivity index (χ2v) is 6.58. The van der Waals surface area contributed by atoms with Crippen molar-refractivity contribution in [2.24, 2.45) is 0 Å². The zero-order valence-corrected chi connectivity index (χ0v) is 11.4. The van der Waals surface area contributed by atoms with Crippen LogP contribution in [0.5, 0.6) is 0 Å². The van der Waals surface area contributed by atoms with E-state index >= 15 is 0 Å². The Labute approximate surface area is 108 Å². The van der Waals surface area contributed by atoms with Crippen LogP contribution in [0.2, 0.25) is 0 Å². The third-order valence-electron chi connectivity index (χ3n) is 3.09. The quantitative estimate of drug-likeness (QED) is 0.864. The molecule has 100 valence electrons. The maximum Gasteiger partial charge on any atom is 0.179 e. The first-order valence-corrected chi connectivity index (χ1v) is 8.08. The normalized spacial score (nSPS) is 16.9. The average Bonchev–Trinajstić information content (AvgIpc) is 2.81. The molecule has 6 heteroatoms. The molecule has 0 saturated carbocycles. The predicted octanol–water partition coefficient (Wildman–Crippen LogP) is 0.993. The van der Waals surface area contributed by atoms with Crippen LogP contribution in [0.1, 0.15) is 12.8 Å². The smallest absolute Gasteiger partial charge is 0.179 e. The molecule has 0 aliphatic carbocycles. The highest BCUT2D eigenvalue weighted by Gasteiger charge is 2.14. The Balaban J connectivity index is 1.96. The Morgan fingerprint density at radius 2 is 2.11 bits per heavy atom. The molecule has 2 heterocycles. The van der Waals surface area contributed by atoms with E-state index in [0.717, 1.165) is 26.2 Å². The van der Waals surface area contributed by atoms with Gasteiger partial charge in [-0.2, -0.15) is 0 Å². The van der Waals surface area contributed by atoms with Crippen molar-refractivity contribution in [1.29, 1.82) is 0 Å². The minimum absolute atomic E-state index is 0.270. The molecule has 18 heavy (non-hydrogen) atoms. The first-order valence-electron chi connectivity index (χ1n) is 6.19. The van der Waals surface area contributed by atoms with E-state index in [4.69, 9.17) is 0 Å². The second-order valence-electron chi connectivity index (χ2n) is 4.60. The molecule has 2 rings (SSSR count). The number of pyridine rings is 1. The number of nitrogens with one attached hydrogen (secondary N) is 1. The lowest BCUT2D eigenvalue weighted by Crippen LogP contribution is -2.26. The molecule has 0 unspecified atom stereocenters. The van der Waals surface area contributed by atoms with Crippen LogP contribution in [-0.4, -0.2) is 50.7 Å². The molecule has 0 aromatic carbocycles. The van der Waals surface area contributed by atoms with E-state index in [9.17, 15) is 8.42 Å². The van der Waals surface area contributed by atoms with Gasteiger partial charge >= 0.3 is 0 Å². The molecule has 0 bridgehead atoms. The van der Waals surface area contributed by atoms with Crippen molar-refractivity contribution >= 4 is 15.7 Å². The van der Waals surface area contributed by atoms with Gasteiger partial charge in [0.2, 0.25) is 0 Å². The fourth-order valence-electron chi connectivity index (χ4n) is 2.16. The molecule has 1 saturated heterocycles. The Bertz CT molecular complexity index is 496. The Morgan fingerprint density at radius 3 is 2.78 bits per heavy atom. The van der Waals surface area contributed by atoms with Crippen molar-refractivity contribution < 1.29 is 8.42 Å². The van der Waals surface area contributed by atoms with E-state index in [1.165, 1.54) is 19.1 Å². The highest BCUT2D eigenvalue weighted by Crippen LogP contribution is 2.17. The van der Waals surface area contributed by atoms with Crippen LogP contribution < -0.4 is 5.32 Å². The molecule has 1 aliphatic heterocycles. The highest BCUT2D eigenvalue weighted by molar-refractivity contribution is 7.90. The molecule has 0 spiro atoms. The Hall–Kier alpha value is -1.14. The van der Waals surface area contributed by atoms with Gasteiger partial charge in [0, 0.05) is 25.5 Å². The molecule has 0 radical (unpaired) electrons. The van der Waals surface area contributed by atoms with E-state index in [-0.39, 0.29) is 4.90 Å². The van der Waals surface area contributed by atoms with Crippen LogP contribution in [-0.2, 0) is 9.84 Å². The minimum Gasteiger partial charge on any atom is -0.368 e. The second kappa shape index (κ2) is 5.67. The third kappa shape index (κ3) is 3.43. The van der Waals surface area contributed by atoms with E-state index in [2.05, 4.69) is 15.2 Å². The van der Waals surface area contributed by atoms with Gasteiger partial charge in [-0.05, 0) is 38.1 Å². The van der Waals surface area contributed by atoms with Crippen LogP contribution in [0.3, 0.4) is 0 Å². The highest BCUT2D eigenvalue weighted by atomic mass is 32.2. The van der Waals surface area contributed by atoms with Gasteiger partial charge in [0.15, 0.2) is 9.84 Å². The van der Waals surface area contributed by atoms with E-state index in [1.807, 2.05) is 0 Å². The lowest BCUT2D eigenvalue weighted by atomic mass is 10.4. The summed E-state index contributed by atoms with van der Waals surface area (Å²) in [4.78, 5) is 6.74. The summed E-state index contributed by atoms with van der Waals surface area (Å²) in [6.07, 6.45) is 5.33. The van der Waals surface area contributed by atoms with Crippen molar-refractivity contribution in [2.45, 2.75) is 17.7 Å². The van der Waals surface area contributed by atoms with Gasteiger partial charge in [-0.15, -0.1) is 0 Å². The molecule has 1 aliphatic rings. The number of hydrogen-bond donors (Lipinski definition) is 1. The molecule has 1 fully saturated rings.